The fourth-order valence-corrected chi connectivity index (χ4v) is 4.13. The lowest BCUT2D eigenvalue weighted by atomic mass is 10.2. The Balaban J connectivity index is 1.37. The molecule has 4 heterocycles. The van der Waals surface area contributed by atoms with Gasteiger partial charge in [-0.15, -0.1) is 0 Å². The molecule has 0 saturated carbocycles. The van der Waals surface area contributed by atoms with Crippen LogP contribution in [0.4, 0.5) is 0 Å². The second-order valence-electron chi connectivity index (χ2n) is 7.21. The van der Waals surface area contributed by atoms with E-state index in [1.165, 1.54) is 5.56 Å². The average Bonchev–Trinajstić information content (AvgIpc) is 3.25. The summed E-state index contributed by atoms with van der Waals surface area (Å²) in [6.45, 7) is 3.83. The summed E-state index contributed by atoms with van der Waals surface area (Å²) in [6, 6.07) is 10.1. The summed E-state index contributed by atoms with van der Waals surface area (Å²) in [5.41, 5.74) is 2.86. The summed E-state index contributed by atoms with van der Waals surface area (Å²) in [4.78, 5) is 19.6. The minimum atomic E-state index is 0.00915. The quantitative estimate of drug-likeness (QED) is 0.709. The van der Waals surface area contributed by atoms with Crippen LogP contribution in [0.2, 0.25) is 0 Å². The van der Waals surface area contributed by atoms with Gasteiger partial charge in [-0.1, -0.05) is 6.07 Å². The first kappa shape index (κ1) is 16.4. The van der Waals surface area contributed by atoms with Gasteiger partial charge in [0, 0.05) is 32.9 Å². The van der Waals surface area contributed by atoms with Crippen LogP contribution in [0.25, 0.3) is 11.2 Å². The van der Waals surface area contributed by atoms with Crippen molar-refractivity contribution in [2.45, 2.75) is 19.0 Å². The Labute approximate surface area is 156 Å². The highest BCUT2D eigenvalue weighted by Gasteiger charge is 2.28. The van der Waals surface area contributed by atoms with E-state index < -0.39 is 0 Å². The monoisotopic (exact) mass is 366 g/mol. The van der Waals surface area contributed by atoms with Crippen molar-refractivity contribution in [3.05, 3.63) is 52.6 Å². The number of ether oxygens (including phenoxy) is 2. The second-order valence-corrected chi connectivity index (χ2v) is 7.21. The van der Waals surface area contributed by atoms with Crippen molar-refractivity contribution in [1.82, 2.24) is 19.0 Å². The van der Waals surface area contributed by atoms with Crippen LogP contribution in [0.3, 0.4) is 0 Å². The first-order valence-corrected chi connectivity index (χ1v) is 9.33. The van der Waals surface area contributed by atoms with Crippen LogP contribution in [-0.4, -0.2) is 45.3 Å². The Kier molecular flexibility index (Phi) is 3.89. The number of aromatic nitrogens is 3. The van der Waals surface area contributed by atoms with E-state index in [1.54, 1.807) is 10.8 Å². The number of aryl methyl sites for hydroxylation is 1. The molecule has 7 nitrogen and oxygen atoms in total. The molecule has 0 bridgehead atoms. The zero-order valence-corrected chi connectivity index (χ0v) is 15.3. The van der Waals surface area contributed by atoms with Crippen LogP contribution in [0.5, 0.6) is 11.5 Å². The summed E-state index contributed by atoms with van der Waals surface area (Å²) < 4.78 is 14.8. The molecule has 7 heteroatoms. The molecule has 140 valence electrons. The molecule has 0 aliphatic carbocycles. The number of hydrogen-bond donors (Lipinski definition) is 0. The summed E-state index contributed by atoms with van der Waals surface area (Å²) in [5, 5.41) is 0. The van der Waals surface area contributed by atoms with Gasteiger partial charge in [-0.25, -0.2) is 9.78 Å². The standard InChI is InChI=1S/C20H22N4O3/c1-22-16-3-2-7-21-19(16)24(20(22)25)15-6-8-23(13-15)12-14-4-5-17-18(11-14)27-10-9-26-17/h2-5,7,11,15H,6,8-10,12-13H2,1H3/t15-/m1/s1. The van der Waals surface area contributed by atoms with Gasteiger partial charge in [0.15, 0.2) is 17.1 Å². The number of nitrogens with zero attached hydrogens (tertiary/aromatic N) is 4. The van der Waals surface area contributed by atoms with Crippen LogP contribution in [0, 0.1) is 0 Å². The molecule has 0 N–H and O–H groups in total. The molecule has 5 rings (SSSR count). The highest BCUT2D eigenvalue weighted by Crippen LogP contribution is 2.32. The van der Waals surface area contributed by atoms with E-state index in [1.807, 2.05) is 29.8 Å². The zero-order valence-electron chi connectivity index (χ0n) is 15.3. The fraction of sp³-hybridized carbons (Fsp3) is 0.400. The first-order valence-electron chi connectivity index (χ1n) is 9.33. The van der Waals surface area contributed by atoms with Gasteiger partial charge < -0.3 is 9.47 Å². The number of likely N-dealkylation sites (tertiary alicyclic amines) is 1. The molecule has 1 aromatic carbocycles. The third-order valence-corrected chi connectivity index (χ3v) is 5.47. The molecule has 0 amide bonds. The first-order chi connectivity index (χ1) is 13.2. The largest absolute Gasteiger partial charge is 0.486 e. The second kappa shape index (κ2) is 6.42. The number of rotatable bonds is 3. The summed E-state index contributed by atoms with van der Waals surface area (Å²) in [7, 11) is 1.81. The van der Waals surface area contributed by atoms with Crippen molar-refractivity contribution in [3.63, 3.8) is 0 Å². The van der Waals surface area contributed by atoms with E-state index in [-0.39, 0.29) is 11.7 Å². The minimum absolute atomic E-state index is 0.00915. The molecule has 0 unspecified atom stereocenters. The van der Waals surface area contributed by atoms with E-state index in [0.717, 1.165) is 48.7 Å². The van der Waals surface area contributed by atoms with Crippen LogP contribution in [0.15, 0.2) is 41.3 Å². The number of benzene rings is 1. The number of hydrogen-bond acceptors (Lipinski definition) is 5. The molecule has 3 aromatic rings. The minimum Gasteiger partial charge on any atom is -0.486 e. The molecule has 0 radical (unpaired) electrons. The molecule has 1 saturated heterocycles. The van der Waals surface area contributed by atoms with Crippen molar-refractivity contribution in [2.24, 2.45) is 7.05 Å². The van der Waals surface area contributed by atoms with Crippen LogP contribution in [-0.2, 0) is 13.6 Å². The smallest absolute Gasteiger partial charge is 0.330 e. The molecular formula is C20H22N4O3. The van der Waals surface area contributed by atoms with Crippen LogP contribution < -0.4 is 15.2 Å². The molecular weight excluding hydrogens is 344 g/mol. The lowest BCUT2D eigenvalue weighted by Crippen LogP contribution is -2.28. The maximum absolute atomic E-state index is 12.7. The van der Waals surface area contributed by atoms with Crippen molar-refractivity contribution in [2.75, 3.05) is 26.3 Å². The third kappa shape index (κ3) is 2.78. The Hall–Kier alpha value is -2.80. The summed E-state index contributed by atoms with van der Waals surface area (Å²) in [5.74, 6) is 1.64. The fourth-order valence-electron chi connectivity index (χ4n) is 4.13. The van der Waals surface area contributed by atoms with Crippen molar-refractivity contribution < 1.29 is 9.47 Å². The van der Waals surface area contributed by atoms with E-state index in [9.17, 15) is 4.79 Å². The van der Waals surface area contributed by atoms with Crippen molar-refractivity contribution in [1.29, 1.82) is 0 Å². The number of imidazole rings is 1. The SMILES string of the molecule is Cn1c(=O)n([C@@H]2CCN(Cc3ccc4c(c3)OCCO4)C2)c2ncccc21. The molecule has 1 atom stereocenters. The molecule has 1 fully saturated rings. The van der Waals surface area contributed by atoms with E-state index in [0.29, 0.717) is 13.2 Å². The maximum atomic E-state index is 12.7. The van der Waals surface area contributed by atoms with Crippen LogP contribution >= 0.6 is 0 Å². The van der Waals surface area contributed by atoms with E-state index in [2.05, 4.69) is 22.0 Å². The van der Waals surface area contributed by atoms with Gasteiger partial charge >= 0.3 is 5.69 Å². The molecule has 27 heavy (non-hydrogen) atoms. The Morgan fingerprint density at radius 1 is 1.19 bits per heavy atom. The highest BCUT2D eigenvalue weighted by atomic mass is 16.6. The number of fused-ring (bicyclic) bond motifs is 2. The highest BCUT2D eigenvalue weighted by molar-refractivity contribution is 5.71. The zero-order chi connectivity index (χ0) is 18.4. The van der Waals surface area contributed by atoms with Crippen molar-refractivity contribution >= 4 is 11.2 Å². The normalized spacial score (nSPS) is 19.7. The maximum Gasteiger partial charge on any atom is 0.330 e. The summed E-state index contributed by atoms with van der Waals surface area (Å²) >= 11 is 0. The van der Waals surface area contributed by atoms with E-state index in [4.69, 9.17) is 9.47 Å². The molecule has 0 spiro atoms. The summed E-state index contributed by atoms with van der Waals surface area (Å²) in [6.07, 6.45) is 2.69. The van der Waals surface area contributed by atoms with Gasteiger partial charge in [0.25, 0.3) is 0 Å². The van der Waals surface area contributed by atoms with Gasteiger partial charge in [-0.05, 0) is 36.2 Å². The third-order valence-electron chi connectivity index (χ3n) is 5.47. The van der Waals surface area contributed by atoms with Gasteiger partial charge in [0.05, 0.1) is 11.6 Å². The molecule has 2 aromatic heterocycles. The lowest BCUT2D eigenvalue weighted by molar-refractivity contribution is 0.171. The van der Waals surface area contributed by atoms with Gasteiger partial charge in [0.2, 0.25) is 0 Å². The Bertz CT molecular complexity index is 1060. The average molecular weight is 366 g/mol. The molecule has 2 aliphatic rings. The predicted molar refractivity (Wildman–Crippen MR) is 101 cm³/mol. The Morgan fingerprint density at radius 2 is 2.04 bits per heavy atom. The molecule has 2 aliphatic heterocycles. The van der Waals surface area contributed by atoms with Crippen LogP contribution in [0.1, 0.15) is 18.0 Å². The number of pyridine rings is 1. The van der Waals surface area contributed by atoms with Crippen molar-refractivity contribution in [3.8, 4) is 11.5 Å². The predicted octanol–water partition coefficient (Wildman–Crippen LogP) is 1.95. The van der Waals surface area contributed by atoms with Gasteiger partial charge in [0.1, 0.15) is 13.2 Å². The lowest BCUT2D eigenvalue weighted by Gasteiger charge is -2.21. The topological polar surface area (TPSA) is 61.5 Å². The van der Waals surface area contributed by atoms with Gasteiger partial charge in [-0.2, -0.15) is 0 Å². The Morgan fingerprint density at radius 3 is 2.93 bits per heavy atom. The van der Waals surface area contributed by atoms with Gasteiger partial charge in [-0.3, -0.25) is 14.0 Å². The van der Waals surface area contributed by atoms with E-state index >= 15 is 0 Å².